The summed E-state index contributed by atoms with van der Waals surface area (Å²) in [4.78, 5) is 16.2. The van der Waals surface area contributed by atoms with Gasteiger partial charge in [0.05, 0.1) is 6.04 Å². The average molecular weight is 419 g/mol. The van der Waals surface area contributed by atoms with E-state index < -0.39 is 10.0 Å². The number of hydrogen-bond donors (Lipinski definition) is 1. The summed E-state index contributed by atoms with van der Waals surface area (Å²) < 4.78 is 27.6. The Labute approximate surface area is 166 Å². The van der Waals surface area contributed by atoms with Crippen molar-refractivity contribution >= 4 is 44.3 Å². The van der Waals surface area contributed by atoms with Crippen LogP contribution in [0.1, 0.15) is 33.8 Å². The van der Waals surface area contributed by atoms with Crippen LogP contribution in [0.15, 0.2) is 57.4 Å². The predicted molar refractivity (Wildman–Crippen MR) is 109 cm³/mol. The number of amides is 1. The van der Waals surface area contributed by atoms with E-state index >= 15 is 0 Å². The molecule has 3 aromatic rings. The van der Waals surface area contributed by atoms with Crippen molar-refractivity contribution in [3.05, 3.63) is 69.2 Å². The van der Waals surface area contributed by atoms with E-state index in [1.807, 2.05) is 11.8 Å². The highest BCUT2D eigenvalue weighted by molar-refractivity contribution is 7.94. The lowest BCUT2D eigenvalue weighted by atomic mass is 10.0. The number of sulfonamides is 1. The SMILES string of the molecule is CC1c2ccsc2CCN1C(=O)c1cccc(NS(=O)(=O)c2cccs2)c1. The Hall–Kier alpha value is -2.16. The van der Waals surface area contributed by atoms with Gasteiger partial charge in [0.1, 0.15) is 4.21 Å². The number of carbonyl (C=O) groups is 1. The molecule has 140 valence electrons. The topological polar surface area (TPSA) is 66.5 Å². The summed E-state index contributed by atoms with van der Waals surface area (Å²) in [7, 11) is -3.64. The fourth-order valence-corrected chi connectivity index (χ4v) is 6.30. The smallest absolute Gasteiger partial charge is 0.271 e. The molecule has 5 nitrogen and oxygen atoms in total. The van der Waals surface area contributed by atoms with E-state index in [2.05, 4.69) is 16.2 Å². The molecule has 0 bridgehead atoms. The van der Waals surface area contributed by atoms with Crippen LogP contribution in [0.3, 0.4) is 0 Å². The molecule has 0 saturated heterocycles. The number of carbonyl (C=O) groups excluding carboxylic acids is 1. The molecular formula is C19H18N2O3S3. The second kappa shape index (κ2) is 7.10. The first-order valence-corrected chi connectivity index (χ1v) is 11.7. The number of thiophene rings is 2. The van der Waals surface area contributed by atoms with Crippen LogP contribution in [0, 0.1) is 0 Å². The first-order valence-electron chi connectivity index (χ1n) is 8.49. The highest BCUT2D eigenvalue weighted by Gasteiger charge is 2.29. The third kappa shape index (κ3) is 3.52. The van der Waals surface area contributed by atoms with E-state index in [4.69, 9.17) is 0 Å². The molecule has 1 unspecified atom stereocenters. The largest absolute Gasteiger partial charge is 0.331 e. The van der Waals surface area contributed by atoms with Crippen LogP contribution in [0.25, 0.3) is 0 Å². The van der Waals surface area contributed by atoms with Crippen molar-refractivity contribution in [2.24, 2.45) is 0 Å². The molecule has 0 fully saturated rings. The van der Waals surface area contributed by atoms with Gasteiger partial charge in [-0.2, -0.15) is 0 Å². The predicted octanol–water partition coefficient (Wildman–Crippen LogP) is 4.37. The highest BCUT2D eigenvalue weighted by atomic mass is 32.2. The van der Waals surface area contributed by atoms with Crippen molar-refractivity contribution in [3.63, 3.8) is 0 Å². The second-order valence-corrected chi connectivity index (χ2v) is 10.2. The second-order valence-electron chi connectivity index (χ2n) is 6.34. The van der Waals surface area contributed by atoms with E-state index in [-0.39, 0.29) is 16.2 Å². The average Bonchev–Trinajstić information content (AvgIpc) is 3.34. The third-order valence-corrected chi connectivity index (χ3v) is 8.44. The summed E-state index contributed by atoms with van der Waals surface area (Å²) in [5, 5.41) is 3.78. The van der Waals surface area contributed by atoms with Gasteiger partial charge < -0.3 is 4.90 Å². The quantitative estimate of drug-likeness (QED) is 0.684. The standard InChI is InChI=1S/C19H18N2O3S3/c1-13-16-8-11-25-17(16)7-9-21(13)19(22)14-4-2-5-15(12-14)20-27(23,24)18-6-3-10-26-18/h2-6,8,10-13,20H,7,9H2,1H3. The Balaban J connectivity index is 1.57. The Bertz CT molecular complexity index is 1070. The van der Waals surface area contributed by atoms with Crippen LogP contribution in [-0.2, 0) is 16.4 Å². The van der Waals surface area contributed by atoms with Crippen LogP contribution in [0.4, 0.5) is 5.69 Å². The lowest BCUT2D eigenvalue weighted by molar-refractivity contribution is 0.0679. The molecule has 1 aromatic carbocycles. The molecule has 27 heavy (non-hydrogen) atoms. The van der Waals surface area contributed by atoms with E-state index in [9.17, 15) is 13.2 Å². The molecule has 8 heteroatoms. The molecule has 2 aromatic heterocycles. The number of anilines is 1. The molecule has 1 N–H and O–H groups in total. The van der Waals surface area contributed by atoms with Crippen molar-refractivity contribution in [1.82, 2.24) is 4.90 Å². The first kappa shape index (κ1) is 18.2. The summed E-state index contributed by atoms with van der Waals surface area (Å²) in [6.45, 7) is 2.70. The lowest BCUT2D eigenvalue weighted by Gasteiger charge is -2.33. The van der Waals surface area contributed by atoms with Gasteiger partial charge in [0.2, 0.25) is 0 Å². The molecule has 4 rings (SSSR count). The van der Waals surface area contributed by atoms with Gasteiger partial charge in [0, 0.05) is 22.7 Å². The molecule has 0 saturated carbocycles. The number of benzene rings is 1. The van der Waals surface area contributed by atoms with Crippen LogP contribution in [-0.4, -0.2) is 25.8 Å². The zero-order chi connectivity index (χ0) is 19.0. The van der Waals surface area contributed by atoms with Crippen LogP contribution >= 0.6 is 22.7 Å². The fraction of sp³-hybridized carbons (Fsp3) is 0.211. The van der Waals surface area contributed by atoms with E-state index in [1.165, 1.54) is 10.4 Å². The van der Waals surface area contributed by atoms with Gasteiger partial charge in [-0.05, 0) is 60.0 Å². The monoisotopic (exact) mass is 418 g/mol. The summed E-state index contributed by atoms with van der Waals surface area (Å²) in [6, 6.07) is 12.0. The van der Waals surface area contributed by atoms with Crippen molar-refractivity contribution in [2.45, 2.75) is 23.6 Å². The Kier molecular flexibility index (Phi) is 4.79. The minimum absolute atomic E-state index is 0.0129. The summed E-state index contributed by atoms with van der Waals surface area (Å²) in [5.74, 6) is -0.0866. The number of fused-ring (bicyclic) bond motifs is 1. The highest BCUT2D eigenvalue weighted by Crippen LogP contribution is 2.34. The van der Waals surface area contributed by atoms with Crippen molar-refractivity contribution in [1.29, 1.82) is 0 Å². The fourth-order valence-electron chi connectivity index (χ4n) is 3.29. The number of rotatable bonds is 4. The van der Waals surface area contributed by atoms with Gasteiger partial charge in [-0.15, -0.1) is 22.7 Å². The van der Waals surface area contributed by atoms with Crippen molar-refractivity contribution < 1.29 is 13.2 Å². The maximum absolute atomic E-state index is 13.0. The minimum Gasteiger partial charge on any atom is -0.331 e. The Morgan fingerprint density at radius 2 is 2.00 bits per heavy atom. The zero-order valence-corrected chi connectivity index (χ0v) is 17.0. The van der Waals surface area contributed by atoms with Gasteiger partial charge in [-0.1, -0.05) is 12.1 Å². The van der Waals surface area contributed by atoms with Gasteiger partial charge in [0.15, 0.2) is 0 Å². The Morgan fingerprint density at radius 3 is 2.78 bits per heavy atom. The summed E-state index contributed by atoms with van der Waals surface area (Å²) >= 11 is 2.88. The molecule has 1 amide bonds. The molecular weight excluding hydrogens is 400 g/mol. The van der Waals surface area contributed by atoms with E-state index in [0.29, 0.717) is 17.8 Å². The molecule has 0 radical (unpaired) electrons. The summed E-state index contributed by atoms with van der Waals surface area (Å²) in [5.41, 5.74) is 2.07. The van der Waals surface area contributed by atoms with E-state index in [1.54, 1.807) is 53.1 Å². The number of nitrogens with one attached hydrogen (secondary N) is 1. The number of hydrogen-bond acceptors (Lipinski definition) is 5. The minimum atomic E-state index is -3.64. The first-order chi connectivity index (χ1) is 13.0. The molecule has 1 aliphatic heterocycles. The zero-order valence-electron chi connectivity index (χ0n) is 14.6. The van der Waals surface area contributed by atoms with Gasteiger partial charge >= 0.3 is 0 Å². The van der Waals surface area contributed by atoms with Crippen molar-refractivity contribution in [3.8, 4) is 0 Å². The van der Waals surface area contributed by atoms with Gasteiger partial charge in [-0.25, -0.2) is 8.42 Å². The maximum atomic E-state index is 13.0. The van der Waals surface area contributed by atoms with Crippen molar-refractivity contribution in [2.75, 3.05) is 11.3 Å². The molecule has 1 atom stereocenters. The van der Waals surface area contributed by atoms with Gasteiger partial charge in [-0.3, -0.25) is 9.52 Å². The van der Waals surface area contributed by atoms with E-state index in [0.717, 1.165) is 17.8 Å². The van der Waals surface area contributed by atoms with Crippen LogP contribution in [0.2, 0.25) is 0 Å². The molecule has 0 spiro atoms. The maximum Gasteiger partial charge on any atom is 0.271 e. The van der Waals surface area contributed by atoms with Gasteiger partial charge in [0.25, 0.3) is 15.9 Å². The number of nitrogens with zero attached hydrogens (tertiary/aromatic N) is 1. The molecule has 3 heterocycles. The van der Waals surface area contributed by atoms with Crippen LogP contribution < -0.4 is 4.72 Å². The van der Waals surface area contributed by atoms with Crippen LogP contribution in [0.5, 0.6) is 0 Å². The Morgan fingerprint density at radius 1 is 1.15 bits per heavy atom. The molecule has 0 aliphatic carbocycles. The molecule has 1 aliphatic rings. The third-order valence-electron chi connectivity index (χ3n) is 4.66. The normalized spacial score (nSPS) is 16.8. The summed E-state index contributed by atoms with van der Waals surface area (Å²) in [6.07, 6.45) is 0.855. The lowest BCUT2D eigenvalue weighted by Crippen LogP contribution is -2.38.